The SMILES string of the molecule is CCOC(=O)N1CCN(C(C)C(=O)Nc2ccccc2-c2ccccc2)CC1. The van der Waals surface area contributed by atoms with Crippen LogP contribution < -0.4 is 5.32 Å². The fourth-order valence-electron chi connectivity index (χ4n) is 3.37. The Bertz CT molecular complexity index is 802. The Morgan fingerprint density at radius 2 is 1.64 bits per heavy atom. The summed E-state index contributed by atoms with van der Waals surface area (Å²) >= 11 is 0. The minimum Gasteiger partial charge on any atom is -0.450 e. The molecular weight excluding hydrogens is 354 g/mol. The number of hydrogen-bond acceptors (Lipinski definition) is 4. The summed E-state index contributed by atoms with van der Waals surface area (Å²) in [4.78, 5) is 28.5. The van der Waals surface area contributed by atoms with E-state index in [-0.39, 0.29) is 18.0 Å². The van der Waals surface area contributed by atoms with Gasteiger partial charge in [-0.1, -0.05) is 48.5 Å². The number of carbonyl (C=O) groups excluding carboxylic acids is 2. The van der Waals surface area contributed by atoms with E-state index in [0.717, 1.165) is 16.8 Å². The first-order valence-corrected chi connectivity index (χ1v) is 9.71. The second kappa shape index (κ2) is 9.37. The standard InChI is InChI=1S/C22H27N3O3/c1-3-28-22(27)25-15-13-24(14-16-25)17(2)21(26)23-20-12-8-7-11-19(20)18-9-5-4-6-10-18/h4-12,17H,3,13-16H2,1-2H3,(H,23,26). The molecule has 0 bridgehead atoms. The van der Waals surface area contributed by atoms with Crippen molar-refractivity contribution in [3.8, 4) is 11.1 Å². The first kappa shape index (κ1) is 19.9. The van der Waals surface area contributed by atoms with Crippen LogP contribution in [-0.2, 0) is 9.53 Å². The average molecular weight is 381 g/mol. The van der Waals surface area contributed by atoms with Gasteiger partial charge in [0, 0.05) is 37.4 Å². The molecule has 1 aliphatic heterocycles. The van der Waals surface area contributed by atoms with Gasteiger partial charge < -0.3 is 15.0 Å². The topological polar surface area (TPSA) is 61.9 Å². The van der Waals surface area contributed by atoms with Gasteiger partial charge in [-0.05, 0) is 25.5 Å². The minimum absolute atomic E-state index is 0.0482. The van der Waals surface area contributed by atoms with Crippen LogP contribution in [0.2, 0.25) is 0 Å². The number of benzene rings is 2. The fourth-order valence-corrected chi connectivity index (χ4v) is 3.37. The maximum atomic E-state index is 12.9. The summed E-state index contributed by atoms with van der Waals surface area (Å²) in [6.07, 6.45) is -0.281. The van der Waals surface area contributed by atoms with Crippen molar-refractivity contribution >= 4 is 17.7 Å². The number of hydrogen-bond donors (Lipinski definition) is 1. The highest BCUT2D eigenvalue weighted by atomic mass is 16.6. The highest BCUT2D eigenvalue weighted by molar-refractivity contribution is 5.98. The molecular formula is C22H27N3O3. The summed E-state index contributed by atoms with van der Waals surface area (Å²) in [5.74, 6) is -0.0482. The van der Waals surface area contributed by atoms with Gasteiger partial charge in [-0.3, -0.25) is 9.69 Å². The molecule has 1 fully saturated rings. The number of nitrogens with one attached hydrogen (secondary N) is 1. The average Bonchev–Trinajstić information content (AvgIpc) is 2.74. The van der Waals surface area contributed by atoms with Gasteiger partial charge in [0.05, 0.1) is 12.6 Å². The zero-order chi connectivity index (χ0) is 19.9. The van der Waals surface area contributed by atoms with Crippen LogP contribution in [0, 0.1) is 0 Å². The molecule has 1 unspecified atom stereocenters. The molecule has 6 nitrogen and oxygen atoms in total. The zero-order valence-corrected chi connectivity index (χ0v) is 16.4. The van der Waals surface area contributed by atoms with Gasteiger partial charge in [0.25, 0.3) is 0 Å². The molecule has 2 aromatic rings. The molecule has 2 aromatic carbocycles. The number of rotatable bonds is 5. The molecule has 1 atom stereocenters. The van der Waals surface area contributed by atoms with Crippen molar-refractivity contribution in [2.75, 3.05) is 38.1 Å². The Hall–Kier alpha value is -2.86. The maximum Gasteiger partial charge on any atom is 0.409 e. The van der Waals surface area contributed by atoms with Crippen molar-refractivity contribution in [1.29, 1.82) is 0 Å². The van der Waals surface area contributed by atoms with E-state index in [1.165, 1.54) is 0 Å². The smallest absolute Gasteiger partial charge is 0.409 e. The molecule has 0 aliphatic carbocycles. The van der Waals surface area contributed by atoms with E-state index >= 15 is 0 Å². The van der Waals surface area contributed by atoms with Crippen molar-refractivity contribution in [2.45, 2.75) is 19.9 Å². The van der Waals surface area contributed by atoms with E-state index < -0.39 is 0 Å². The Kier molecular flexibility index (Phi) is 6.66. The molecule has 3 rings (SSSR count). The van der Waals surface area contributed by atoms with Crippen molar-refractivity contribution in [2.24, 2.45) is 0 Å². The molecule has 28 heavy (non-hydrogen) atoms. The van der Waals surface area contributed by atoms with E-state index in [4.69, 9.17) is 4.74 Å². The number of carbonyl (C=O) groups is 2. The summed E-state index contributed by atoms with van der Waals surface area (Å²) in [7, 11) is 0. The Morgan fingerprint density at radius 3 is 2.32 bits per heavy atom. The van der Waals surface area contributed by atoms with E-state index in [2.05, 4.69) is 10.2 Å². The van der Waals surface area contributed by atoms with Crippen LogP contribution >= 0.6 is 0 Å². The van der Waals surface area contributed by atoms with E-state index in [1.54, 1.807) is 11.8 Å². The van der Waals surface area contributed by atoms with Crippen molar-refractivity contribution < 1.29 is 14.3 Å². The van der Waals surface area contributed by atoms with Crippen molar-refractivity contribution in [3.05, 3.63) is 54.6 Å². The van der Waals surface area contributed by atoms with Gasteiger partial charge in [0.2, 0.25) is 5.91 Å². The predicted octanol–water partition coefficient (Wildman–Crippen LogP) is 3.45. The van der Waals surface area contributed by atoms with E-state index in [9.17, 15) is 9.59 Å². The summed E-state index contributed by atoms with van der Waals surface area (Å²) in [6.45, 7) is 6.50. The molecule has 1 aliphatic rings. The number of piperazine rings is 1. The van der Waals surface area contributed by atoms with Crippen molar-refractivity contribution in [1.82, 2.24) is 9.80 Å². The number of nitrogens with zero attached hydrogens (tertiary/aromatic N) is 2. The summed E-state index contributed by atoms with van der Waals surface area (Å²) < 4.78 is 5.05. The lowest BCUT2D eigenvalue weighted by atomic mass is 10.0. The third-order valence-electron chi connectivity index (χ3n) is 5.04. The molecule has 148 valence electrons. The second-order valence-electron chi connectivity index (χ2n) is 6.80. The lowest BCUT2D eigenvalue weighted by molar-refractivity contribution is -0.121. The third kappa shape index (κ3) is 4.70. The Morgan fingerprint density at radius 1 is 1.00 bits per heavy atom. The third-order valence-corrected chi connectivity index (χ3v) is 5.04. The highest BCUT2D eigenvalue weighted by Gasteiger charge is 2.28. The summed E-state index contributed by atoms with van der Waals surface area (Å²) in [6, 6.07) is 17.5. The largest absolute Gasteiger partial charge is 0.450 e. The predicted molar refractivity (Wildman–Crippen MR) is 110 cm³/mol. The molecule has 1 saturated heterocycles. The Labute approximate surface area is 166 Å². The van der Waals surface area contributed by atoms with Crippen LogP contribution in [0.1, 0.15) is 13.8 Å². The first-order valence-electron chi connectivity index (χ1n) is 9.71. The van der Waals surface area contributed by atoms with Crippen LogP contribution in [0.5, 0.6) is 0 Å². The Balaban J connectivity index is 1.62. The lowest BCUT2D eigenvalue weighted by Crippen LogP contribution is -2.54. The van der Waals surface area contributed by atoms with Gasteiger partial charge in [0.1, 0.15) is 0 Å². The van der Waals surface area contributed by atoms with Gasteiger partial charge in [0.15, 0.2) is 0 Å². The molecule has 0 aromatic heterocycles. The summed E-state index contributed by atoms with van der Waals surface area (Å²) in [5.41, 5.74) is 2.86. The molecule has 2 amide bonds. The van der Waals surface area contributed by atoms with Crippen LogP contribution in [0.25, 0.3) is 11.1 Å². The number of anilines is 1. The molecule has 6 heteroatoms. The monoisotopic (exact) mass is 381 g/mol. The van der Waals surface area contributed by atoms with E-state index in [0.29, 0.717) is 32.8 Å². The minimum atomic E-state index is -0.284. The van der Waals surface area contributed by atoms with Crippen LogP contribution in [0.3, 0.4) is 0 Å². The lowest BCUT2D eigenvalue weighted by Gasteiger charge is -2.36. The molecule has 0 radical (unpaired) electrons. The first-order chi connectivity index (χ1) is 13.6. The number of amides is 2. The van der Waals surface area contributed by atoms with Crippen LogP contribution in [0.4, 0.5) is 10.5 Å². The number of para-hydroxylation sites is 1. The number of ether oxygens (including phenoxy) is 1. The maximum absolute atomic E-state index is 12.9. The van der Waals surface area contributed by atoms with Crippen molar-refractivity contribution in [3.63, 3.8) is 0 Å². The summed E-state index contributed by atoms with van der Waals surface area (Å²) in [5, 5.41) is 3.07. The second-order valence-corrected chi connectivity index (χ2v) is 6.80. The van der Waals surface area contributed by atoms with Crippen LogP contribution in [0.15, 0.2) is 54.6 Å². The van der Waals surface area contributed by atoms with E-state index in [1.807, 2.05) is 61.5 Å². The normalized spacial score (nSPS) is 15.7. The van der Waals surface area contributed by atoms with Gasteiger partial charge >= 0.3 is 6.09 Å². The highest BCUT2D eigenvalue weighted by Crippen LogP contribution is 2.27. The van der Waals surface area contributed by atoms with Gasteiger partial charge in [-0.2, -0.15) is 0 Å². The van der Waals surface area contributed by atoms with Gasteiger partial charge in [-0.15, -0.1) is 0 Å². The molecule has 1 heterocycles. The molecule has 0 saturated carbocycles. The quantitative estimate of drug-likeness (QED) is 0.862. The molecule has 1 N–H and O–H groups in total. The molecule has 0 spiro atoms. The zero-order valence-electron chi connectivity index (χ0n) is 16.4. The van der Waals surface area contributed by atoms with Gasteiger partial charge in [-0.25, -0.2) is 4.79 Å². The van der Waals surface area contributed by atoms with Crippen LogP contribution in [-0.4, -0.2) is 60.6 Å². The fraction of sp³-hybridized carbons (Fsp3) is 0.364.